The molecular weight excluding hydrogens is 355 g/mol. The van der Waals surface area contributed by atoms with Crippen molar-refractivity contribution in [2.24, 2.45) is 0 Å². The number of aryl methyl sites for hydroxylation is 1. The number of fused-ring (bicyclic) bond motifs is 1. The van der Waals surface area contributed by atoms with Crippen LogP contribution < -0.4 is 0 Å². The average molecular weight is 380 g/mol. The fourth-order valence-corrected chi connectivity index (χ4v) is 2.85. The lowest BCUT2D eigenvalue weighted by molar-refractivity contribution is 0.0640. The molecule has 146 valence electrons. The summed E-state index contributed by atoms with van der Waals surface area (Å²) < 4.78 is 9.50. The summed E-state index contributed by atoms with van der Waals surface area (Å²) in [5, 5.41) is 0. The van der Waals surface area contributed by atoms with Gasteiger partial charge < -0.3 is 0 Å². The lowest BCUT2D eigenvalue weighted by atomic mass is 10.1. The van der Waals surface area contributed by atoms with E-state index in [0.29, 0.717) is 24.0 Å². The number of pyridine rings is 1. The Labute approximate surface area is 165 Å². The molecule has 2 heterocycles. The van der Waals surface area contributed by atoms with E-state index in [1.807, 2.05) is 19.1 Å². The lowest BCUT2D eigenvalue weighted by Gasteiger charge is -2.16. The highest BCUT2D eigenvalue weighted by Crippen LogP contribution is 2.25. The van der Waals surface area contributed by atoms with Crippen LogP contribution in [-0.4, -0.2) is 28.9 Å². The molecule has 1 aromatic heterocycles. The van der Waals surface area contributed by atoms with Crippen molar-refractivity contribution in [1.82, 2.24) is 9.88 Å². The minimum atomic E-state index is -0.291. The molecule has 0 N–H and O–H groups in total. The minimum Gasteiger partial charge on any atom is -0.269 e. The number of carbonyl (C=O) groups is 2. The maximum absolute atomic E-state index is 12.6. The number of allylic oxidation sites excluding steroid dienone is 2. The van der Waals surface area contributed by atoms with E-state index in [-0.39, 0.29) is 25.8 Å². The fraction of sp³-hybridized carbons (Fsp3) is 0.174. The number of hydrogen-bond donors (Lipinski definition) is 0. The van der Waals surface area contributed by atoms with Gasteiger partial charge in [0.2, 0.25) is 0 Å². The van der Waals surface area contributed by atoms with Crippen molar-refractivity contribution in [1.29, 1.82) is 0 Å². The molecule has 0 spiro atoms. The molecule has 28 heavy (non-hydrogen) atoms. The summed E-state index contributed by atoms with van der Waals surface area (Å²) in [6.07, 6.45) is 7.01. The Morgan fingerprint density at radius 2 is 1.68 bits per heavy atom. The van der Waals surface area contributed by atoms with Gasteiger partial charge in [-0.25, -0.2) is 0 Å². The van der Waals surface area contributed by atoms with Crippen molar-refractivity contribution in [3.63, 3.8) is 0 Å². The number of hydrogen-bond acceptors (Lipinski definition) is 3. The number of rotatable bonds is 5. The highest BCUT2D eigenvalue weighted by atomic mass is 19.1. The number of amides is 2. The SMILES string of the molecule is C.C=C/C=C\c1nc(CN2C(=O)c3ccccc3C2=O)c(C=C)cc1C.CF. The smallest absolute Gasteiger partial charge is 0.261 e. The molecule has 4 nitrogen and oxygen atoms in total. The van der Waals surface area contributed by atoms with E-state index in [1.165, 1.54) is 4.90 Å². The zero-order chi connectivity index (χ0) is 20.0. The second-order valence-corrected chi connectivity index (χ2v) is 5.77. The first kappa shape index (κ1) is 22.7. The zero-order valence-corrected chi connectivity index (χ0v) is 15.4. The minimum absolute atomic E-state index is 0. The molecule has 2 aromatic rings. The molecule has 3 rings (SSSR count). The lowest BCUT2D eigenvalue weighted by Crippen LogP contribution is -2.30. The van der Waals surface area contributed by atoms with E-state index in [1.54, 1.807) is 42.5 Å². The second kappa shape index (κ2) is 10.1. The fourth-order valence-electron chi connectivity index (χ4n) is 2.85. The van der Waals surface area contributed by atoms with Gasteiger partial charge in [0.1, 0.15) is 0 Å². The highest BCUT2D eigenvalue weighted by molar-refractivity contribution is 6.21. The van der Waals surface area contributed by atoms with Gasteiger partial charge in [0.25, 0.3) is 11.8 Å². The van der Waals surface area contributed by atoms with Gasteiger partial charge in [-0.2, -0.15) is 0 Å². The van der Waals surface area contributed by atoms with Crippen molar-refractivity contribution in [2.75, 3.05) is 7.18 Å². The Bertz CT molecular complexity index is 897. The van der Waals surface area contributed by atoms with Crippen molar-refractivity contribution < 1.29 is 14.0 Å². The molecule has 1 aliphatic rings. The molecule has 2 amide bonds. The summed E-state index contributed by atoms with van der Waals surface area (Å²) in [6.45, 7) is 9.54. The van der Waals surface area contributed by atoms with Gasteiger partial charge >= 0.3 is 0 Å². The van der Waals surface area contributed by atoms with Crippen LogP contribution in [0.5, 0.6) is 0 Å². The van der Waals surface area contributed by atoms with E-state index < -0.39 is 0 Å². The third-order valence-corrected chi connectivity index (χ3v) is 4.16. The Morgan fingerprint density at radius 3 is 2.18 bits per heavy atom. The zero-order valence-electron chi connectivity index (χ0n) is 15.4. The Kier molecular flexibility index (Phi) is 8.20. The highest BCUT2D eigenvalue weighted by Gasteiger charge is 2.35. The van der Waals surface area contributed by atoms with E-state index in [0.717, 1.165) is 16.8 Å². The summed E-state index contributed by atoms with van der Waals surface area (Å²) in [5.41, 5.74) is 4.08. The van der Waals surface area contributed by atoms with Crippen LogP contribution in [0.4, 0.5) is 4.39 Å². The van der Waals surface area contributed by atoms with Crippen LogP contribution in [-0.2, 0) is 6.54 Å². The van der Waals surface area contributed by atoms with E-state index >= 15 is 0 Å². The quantitative estimate of drug-likeness (QED) is 0.526. The molecule has 0 aliphatic carbocycles. The molecule has 0 fully saturated rings. The standard InChI is InChI=1S/C21H18N2O2.CH3F.CH4/c1-4-6-11-18-14(3)12-15(5-2)19(22-18)13-23-20(24)16-9-7-8-10-17(16)21(23)25;1-2;/h4-12H,1-2,13H2,3H3;1H3;1H4/b11-6-;;. The van der Waals surface area contributed by atoms with Gasteiger partial charge in [-0.05, 0) is 42.3 Å². The van der Waals surface area contributed by atoms with Gasteiger partial charge in [-0.1, -0.05) is 50.9 Å². The van der Waals surface area contributed by atoms with Crippen molar-refractivity contribution in [3.05, 3.63) is 89.3 Å². The predicted octanol–water partition coefficient (Wildman–Crippen LogP) is 5.25. The Hall–Kier alpha value is -3.34. The van der Waals surface area contributed by atoms with Crippen molar-refractivity contribution >= 4 is 24.0 Å². The molecule has 0 saturated carbocycles. The second-order valence-electron chi connectivity index (χ2n) is 5.77. The Balaban J connectivity index is 0.00000127. The third kappa shape index (κ3) is 4.31. The average Bonchev–Trinajstić information content (AvgIpc) is 2.94. The van der Waals surface area contributed by atoms with Gasteiger partial charge in [0, 0.05) is 0 Å². The topological polar surface area (TPSA) is 50.3 Å². The molecule has 0 saturated heterocycles. The first-order valence-electron chi connectivity index (χ1n) is 8.32. The van der Waals surface area contributed by atoms with Crippen LogP contribution in [0.1, 0.15) is 50.7 Å². The van der Waals surface area contributed by atoms with E-state index in [9.17, 15) is 14.0 Å². The van der Waals surface area contributed by atoms with Gasteiger partial charge in [-0.15, -0.1) is 0 Å². The predicted molar refractivity (Wildman–Crippen MR) is 113 cm³/mol. The summed E-state index contributed by atoms with van der Waals surface area (Å²) in [7, 11) is 0.500. The molecule has 0 radical (unpaired) electrons. The number of carbonyl (C=O) groups excluding carboxylic acids is 2. The van der Waals surface area contributed by atoms with Crippen LogP contribution in [0.2, 0.25) is 0 Å². The van der Waals surface area contributed by atoms with E-state index in [4.69, 9.17) is 0 Å². The summed E-state index contributed by atoms with van der Waals surface area (Å²) >= 11 is 0. The van der Waals surface area contributed by atoms with Gasteiger partial charge in [0.05, 0.1) is 36.2 Å². The molecule has 5 heteroatoms. The molecule has 1 aliphatic heterocycles. The number of halogens is 1. The molecule has 0 atom stereocenters. The summed E-state index contributed by atoms with van der Waals surface area (Å²) in [4.78, 5) is 31.0. The number of aromatic nitrogens is 1. The first-order chi connectivity index (χ1) is 13.1. The molecular formula is C23H25FN2O2. The van der Waals surface area contributed by atoms with Crippen molar-refractivity contribution in [3.8, 4) is 0 Å². The summed E-state index contributed by atoms with van der Waals surface area (Å²) in [5.74, 6) is -0.581. The number of imide groups is 1. The first-order valence-corrected chi connectivity index (χ1v) is 8.32. The number of alkyl halides is 1. The molecule has 1 aromatic carbocycles. The van der Waals surface area contributed by atoms with Crippen LogP contribution in [0.15, 0.2) is 55.6 Å². The van der Waals surface area contributed by atoms with Crippen LogP contribution in [0.25, 0.3) is 12.2 Å². The third-order valence-electron chi connectivity index (χ3n) is 4.16. The molecule has 0 unspecified atom stereocenters. The normalized spacial score (nSPS) is 12.2. The van der Waals surface area contributed by atoms with Crippen LogP contribution >= 0.6 is 0 Å². The van der Waals surface area contributed by atoms with Crippen LogP contribution in [0, 0.1) is 6.92 Å². The Morgan fingerprint density at radius 1 is 1.11 bits per heavy atom. The summed E-state index contributed by atoms with van der Waals surface area (Å²) in [6, 6.07) is 8.81. The van der Waals surface area contributed by atoms with Gasteiger partial charge in [0.15, 0.2) is 0 Å². The van der Waals surface area contributed by atoms with E-state index in [2.05, 4.69) is 18.1 Å². The van der Waals surface area contributed by atoms with Crippen molar-refractivity contribution in [2.45, 2.75) is 20.9 Å². The number of nitrogens with zero attached hydrogens (tertiary/aromatic N) is 2. The van der Waals surface area contributed by atoms with Crippen LogP contribution in [0.3, 0.4) is 0 Å². The largest absolute Gasteiger partial charge is 0.269 e. The number of benzene rings is 1. The van der Waals surface area contributed by atoms with Gasteiger partial charge in [-0.3, -0.25) is 23.9 Å². The molecule has 0 bridgehead atoms. The maximum Gasteiger partial charge on any atom is 0.261 e. The maximum atomic E-state index is 12.6. The monoisotopic (exact) mass is 380 g/mol.